The van der Waals surface area contributed by atoms with Gasteiger partial charge in [0.15, 0.2) is 0 Å². The van der Waals surface area contributed by atoms with E-state index in [9.17, 15) is 9.59 Å². The molecule has 0 saturated carbocycles. The van der Waals surface area contributed by atoms with E-state index in [2.05, 4.69) is 16.7 Å². The molecule has 6 nitrogen and oxygen atoms in total. The Balaban J connectivity index is 1.85. The van der Waals surface area contributed by atoms with Crippen LogP contribution in [0.5, 0.6) is 0 Å². The molecule has 1 fully saturated rings. The molecule has 1 saturated heterocycles. The van der Waals surface area contributed by atoms with Crippen LogP contribution in [0.2, 0.25) is 5.02 Å². The molecule has 158 valence electrons. The molecule has 0 aromatic heterocycles. The minimum absolute atomic E-state index is 0.133. The minimum atomic E-state index is -0.227. The van der Waals surface area contributed by atoms with Crippen LogP contribution in [0.25, 0.3) is 5.57 Å². The molecule has 0 unspecified atom stereocenters. The van der Waals surface area contributed by atoms with Crippen LogP contribution >= 0.6 is 11.6 Å². The summed E-state index contributed by atoms with van der Waals surface area (Å²) in [5, 5.41) is 0.604. The van der Waals surface area contributed by atoms with Gasteiger partial charge in [0.1, 0.15) is 5.70 Å². The average molecular weight is 420 g/mol. The van der Waals surface area contributed by atoms with E-state index in [1.807, 2.05) is 26.0 Å². The number of halogens is 1. The number of amides is 2. The summed E-state index contributed by atoms with van der Waals surface area (Å²) in [5.74, 6) is -0.427. The highest BCUT2D eigenvalue weighted by Crippen LogP contribution is 2.32. The maximum absolute atomic E-state index is 13.3. The predicted octanol–water partition coefficient (Wildman–Crippen LogP) is 2.87. The fraction of sp³-hybridized carbons (Fsp3) is 0.545. The topological polar surface area (TPSA) is 53.1 Å². The molecule has 0 bridgehead atoms. The minimum Gasteiger partial charge on any atom is -0.379 e. The maximum Gasteiger partial charge on any atom is 0.277 e. The van der Waals surface area contributed by atoms with Crippen LogP contribution in [-0.2, 0) is 14.3 Å². The number of hydrogen-bond donors (Lipinski definition) is 0. The molecule has 0 spiro atoms. The van der Waals surface area contributed by atoms with Crippen LogP contribution in [0.4, 0.5) is 0 Å². The van der Waals surface area contributed by atoms with Gasteiger partial charge in [0.05, 0.1) is 11.7 Å². The van der Waals surface area contributed by atoms with Gasteiger partial charge in [-0.2, -0.15) is 0 Å². The molecule has 7 heteroatoms. The van der Waals surface area contributed by atoms with E-state index in [1.165, 1.54) is 4.90 Å². The van der Waals surface area contributed by atoms with Gasteiger partial charge >= 0.3 is 0 Å². The van der Waals surface area contributed by atoms with E-state index in [0.717, 1.165) is 38.3 Å². The Morgan fingerprint density at radius 2 is 1.69 bits per heavy atom. The Hall–Kier alpha value is -1.89. The number of carbonyl (C=O) groups is 2. The van der Waals surface area contributed by atoms with E-state index in [0.29, 0.717) is 35.9 Å². The fourth-order valence-corrected chi connectivity index (χ4v) is 3.89. The van der Waals surface area contributed by atoms with E-state index >= 15 is 0 Å². The molecule has 2 aliphatic heterocycles. The van der Waals surface area contributed by atoms with E-state index in [-0.39, 0.29) is 17.9 Å². The first kappa shape index (κ1) is 21.8. The Labute approximate surface area is 178 Å². The highest BCUT2D eigenvalue weighted by Gasteiger charge is 2.41. The zero-order valence-corrected chi connectivity index (χ0v) is 18.2. The molecule has 2 heterocycles. The number of ether oxygens (including phenoxy) is 1. The van der Waals surface area contributed by atoms with Crippen molar-refractivity contribution < 1.29 is 14.3 Å². The lowest BCUT2D eigenvalue weighted by molar-refractivity contribution is -0.137. The van der Waals surface area contributed by atoms with Crippen molar-refractivity contribution in [3.05, 3.63) is 40.5 Å². The molecule has 2 amide bonds. The summed E-state index contributed by atoms with van der Waals surface area (Å²) in [6.45, 7) is 11.2. The third kappa shape index (κ3) is 5.00. The number of imide groups is 1. The number of carbonyl (C=O) groups excluding carboxylic acids is 2. The fourth-order valence-electron chi connectivity index (χ4n) is 3.77. The third-order valence-electron chi connectivity index (χ3n) is 5.39. The lowest BCUT2D eigenvalue weighted by Crippen LogP contribution is -2.47. The van der Waals surface area contributed by atoms with Crippen LogP contribution in [0.15, 0.2) is 30.0 Å². The average Bonchev–Trinajstić information content (AvgIpc) is 2.96. The van der Waals surface area contributed by atoms with Crippen molar-refractivity contribution in [2.45, 2.75) is 33.3 Å². The van der Waals surface area contributed by atoms with Gasteiger partial charge in [-0.3, -0.25) is 14.5 Å². The summed E-state index contributed by atoms with van der Waals surface area (Å²) < 4.78 is 5.57. The van der Waals surface area contributed by atoms with Gasteiger partial charge in [0.25, 0.3) is 11.8 Å². The lowest BCUT2D eigenvalue weighted by atomic mass is 10.0. The maximum atomic E-state index is 13.3. The monoisotopic (exact) mass is 419 g/mol. The molecular weight excluding hydrogens is 390 g/mol. The molecule has 0 atom stereocenters. The van der Waals surface area contributed by atoms with Crippen LogP contribution in [0, 0.1) is 0 Å². The largest absolute Gasteiger partial charge is 0.379 e. The van der Waals surface area contributed by atoms with Gasteiger partial charge in [-0.25, -0.2) is 0 Å². The lowest BCUT2D eigenvalue weighted by Gasteiger charge is -2.36. The van der Waals surface area contributed by atoms with E-state index < -0.39 is 0 Å². The van der Waals surface area contributed by atoms with Gasteiger partial charge < -0.3 is 14.5 Å². The van der Waals surface area contributed by atoms with Crippen molar-refractivity contribution in [3.63, 3.8) is 0 Å². The summed E-state index contributed by atoms with van der Waals surface area (Å²) in [5.41, 5.74) is 1.75. The van der Waals surface area contributed by atoms with Crippen LogP contribution < -0.4 is 0 Å². The van der Waals surface area contributed by atoms with Crippen molar-refractivity contribution in [1.82, 2.24) is 14.7 Å². The van der Waals surface area contributed by atoms with Crippen LogP contribution in [-0.4, -0.2) is 78.5 Å². The van der Waals surface area contributed by atoms with Crippen molar-refractivity contribution in [2.75, 3.05) is 45.9 Å². The zero-order chi connectivity index (χ0) is 21.0. The second-order valence-electron chi connectivity index (χ2n) is 7.69. The third-order valence-corrected chi connectivity index (χ3v) is 5.64. The summed E-state index contributed by atoms with van der Waals surface area (Å²) >= 11 is 6.03. The van der Waals surface area contributed by atoms with Gasteiger partial charge in [-0.15, -0.1) is 0 Å². The number of likely N-dealkylation sites (N-methyl/N-ethyl adjacent to an activating group) is 1. The number of benzene rings is 1. The van der Waals surface area contributed by atoms with Crippen molar-refractivity contribution >= 4 is 29.0 Å². The van der Waals surface area contributed by atoms with Gasteiger partial charge in [0, 0.05) is 44.4 Å². The second kappa shape index (κ2) is 9.74. The Morgan fingerprint density at radius 3 is 2.28 bits per heavy atom. The standard InChI is InChI=1S/C22H30ClN3O3/c1-4-24-11-13-25(14-12-24)20-19(17-6-8-18(23)9-7-17)21(27)26(22(20)28)10-5-15-29-16(2)3/h6-9,16H,4-5,10-15H2,1-3H3. The first-order valence-corrected chi connectivity index (χ1v) is 10.8. The van der Waals surface area contributed by atoms with Gasteiger partial charge in [0.2, 0.25) is 0 Å². The van der Waals surface area contributed by atoms with Crippen molar-refractivity contribution in [3.8, 4) is 0 Å². The number of piperazine rings is 1. The molecule has 2 aliphatic rings. The molecular formula is C22H30ClN3O3. The summed E-state index contributed by atoms with van der Waals surface area (Å²) in [6.07, 6.45) is 0.758. The zero-order valence-electron chi connectivity index (χ0n) is 17.5. The SMILES string of the molecule is CCN1CCN(C2=C(c3ccc(Cl)cc3)C(=O)N(CCCOC(C)C)C2=O)CC1. The molecule has 1 aromatic carbocycles. The summed E-state index contributed by atoms with van der Waals surface area (Å²) in [7, 11) is 0. The summed E-state index contributed by atoms with van der Waals surface area (Å²) in [6, 6.07) is 7.15. The molecule has 3 rings (SSSR count). The molecule has 1 aromatic rings. The highest BCUT2D eigenvalue weighted by atomic mass is 35.5. The predicted molar refractivity (Wildman–Crippen MR) is 114 cm³/mol. The molecule has 0 aliphatic carbocycles. The first-order valence-electron chi connectivity index (χ1n) is 10.4. The van der Waals surface area contributed by atoms with E-state index in [1.54, 1.807) is 12.1 Å². The quantitative estimate of drug-likeness (QED) is 0.479. The van der Waals surface area contributed by atoms with E-state index in [4.69, 9.17) is 16.3 Å². The van der Waals surface area contributed by atoms with Crippen LogP contribution in [0.1, 0.15) is 32.8 Å². The van der Waals surface area contributed by atoms with Gasteiger partial charge in [-0.05, 0) is 44.5 Å². The van der Waals surface area contributed by atoms with Gasteiger partial charge in [-0.1, -0.05) is 30.7 Å². The first-order chi connectivity index (χ1) is 13.9. The second-order valence-corrected chi connectivity index (χ2v) is 8.12. The van der Waals surface area contributed by atoms with Crippen molar-refractivity contribution in [1.29, 1.82) is 0 Å². The number of rotatable bonds is 8. The normalized spacial score (nSPS) is 18.5. The Morgan fingerprint density at radius 1 is 1.03 bits per heavy atom. The molecule has 0 radical (unpaired) electrons. The number of hydrogen-bond acceptors (Lipinski definition) is 5. The smallest absolute Gasteiger partial charge is 0.277 e. The summed E-state index contributed by atoms with van der Waals surface area (Å²) in [4.78, 5) is 32.3. The Bertz CT molecular complexity index is 768. The molecule has 0 N–H and O–H groups in total. The number of nitrogens with zero attached hydrogens (tertiary/aromatic N) is 3. The highest BCUT2D eigenvalue weighted by molar-refractivity contribution is 6.36. The van der Waals surface area contributed by atoms with Crippen LogP contribution in [0.3, 0.4) is 0 Å². The Kier molecular flexibility index (Phi) is 7.33. The molecule has 29 heavy (non-hydrogen) atoms. The van der Waals surface area contributed by atoms with Crippen molar-refractivity contribution in [2.24, 2.45) is 0 Å².